The zero-order chi connectivity index (χ0) is 20.7. The summed E-state index contributed by atoms with van der Waals surface area (Å²) in [6.45, 7) is 0. The molecule has 3 aromatic heterocycles. The number of fused-ring (bicyclic) bond motifs is 2. The Bertz CT molecular complexity index is 1330. The number of rotatable bonds is 3. The number of benzene rings is 1. The zero-order valence-corrected chi connectivity index (χ0v) is 18.3. The molecule has 1 aliphatic carbocycles. The zero-order valence-electron chi connectivity index (χ0n) is 15.9. The minimum absolute atomic E-state index is 0.229. The number of aromatic nitrogens is 1. The second-order valence-electron chi connectivity index (χ2n) is 7.16. The molecular formula is C23H16ClN3OS2. The fourth-order valence-corrected chi connectivity index (χ4v) is 6.12. The molecule has 0 saturated heterocycles. The van der Waals surface area contributed by atoms with Crippen molar-refractivity contribution in [1.29, 1.82) is 5.26 Å². The number of anilines is 1. The number of hydrogen-bond donors (Lipinski definition) is 1. The van der Waals surface area contributed by atoms with E-state index in [0.717, 1.165) is 47.0 Å². The Morgan fingerprint density at radius 1 is 1.13 bits per heavy atom. The predicted octanol–water partition coefficient (Wildman–Crippen LogP) is 6.68. The minimum Gasteiger partial charge on any atom is -0.312 e. The summed E-state index contributed by atoms with van der Waals surface area (Å²) in [4.78, 5) is 20.2. The summed E-state index contributed by atoms with van der Waals surface area (Å²) in [5.41, 5.74) is 3.72. The van der Waals surface area contributed by atoms with Crippen molar-refractivity contribution in [3.05, 3.63) is 68.4 Å². The summed E-state index contributed by atoms with van der Waals surface area (Å²) in [5.74, 6) is -0.229. The van der Waals surface area contributed by atoms with E-state index in [9.17, 15) is 10.1 Å². The van der Waals surface area contributed by atoms with Gasteiger partial charge in [0.05, 0.1) is 31.6 Å². The molecule has 0 aliphatic heterocycles. The van der Waals surface area contributed by atoms with Crippen LogP contribution in [0.2, 0.25) is 4.34 Å². The van der Waals surface area contributed by atoms with E-state index >= 15 is 0 Å². The summed E-state index contributed by atoms with van der Waals surface area (Å²) in [5, 5.41) is 14.1. The lowest BCUT2D eigenvalue weighted by Crippen LogP contribution is -2.13. The summed E-state index contributed by atoms with van der Waals surface area (Å²) < 4.78 is 0.675. The SMILES string of the molecule is N#Cc1c(NC(=O)c2cc(-c3ccc(Cl)s3)nc3ccccc23)sc2c1CCCC2. The van der Waals surface area contributed by atoms with Crippen LogP contribution in [0.3, 0.4) is 0 Å². The number of carbonyl (C=O) groups excluding carboxylic acids is 1. The Hall–Kier alpha value is -2.72. The molecule has 1 N–H and O–H groups in total. The molecule has 0 saturated carbocycles. The number of para-hydroxylation sites is 1. The van der Waals surface area contributed by atoms with Gasteiger partial charge in [-0.2, -0.15) is 5.26 Å². The van der Waals surface area contributed by atoms with Gasteiger partial charge in [-0.25, -0.2) is 4.98 Å². The number of pyridine rings is 1. The standard InChI is InChI=1S/C23H16ClN3OS2/c24-21-10-9-20(29-21)18-11-15(13-5-1-3-7-17(13)26-18)22(28)27-23-16(12-25)14-6-2-4-8-19(14)30-23/h1,3,5,7,9-11H,2,4,6,8H2,(H,27,28). The third-order valence-corrected chi connectivity index (χ3v) is 7.76. The molecule has 0 fully saturated rings. The highest BCUT2D eigenvalue weighted by molar-refractivity contribution is 7.19. The molecule has 4 nitrogen and oxygen atoms in total. The first-order valence-corrected chi connectivity index (χ1v) is 11.7. The van der Waals surface area contributed by atoms with Crippen molar-refractivity contribution in [2.45, 2.75) is 25.7 Å². The van der Waals surface area contributed by atoms with Crippen LogP contribution >= 0.6 is 34.3 Å². The van der Waals surface area contributed by atoms with E-state index in [2.05, 4.69) is 11.4 Å². The van der Waals surface area contributed by atoms with Crippen molar-refractivity contribution < 1.29 is 4.79 Å². The van der Waals surface area contributed by atoms with E-state index in [-0.39, 0.29) is 5.91 Å². The molecule has 3 heterocycles. The van der Waals surface area contributed by atoms with Gasteiger partial charge in [0.15, 0.2) is 0 Å². The van der Waals surface area contributed by atoms with Crippen LogP contribution < -0.4 is 5.32 Å². The second-order valence-corrected chi connectivity index (χ2v) is 9.98. The van der Waals surface area contributed by atoms with Gasteiger partial charge in [0, 0.05) is 10.3 Å². The average Bonchev–Trinajstić information content (AvgIpc) is 3.35. The fraction of sp³-hybridized carbons (Fsp3) is 0.174. The van der Waals surface area contributed by atoms with Crippen LogP contribution in [0.5, 0.6) is 0 Å². The molecule has 0 radical (unpaired) electrons. The van der Waals surface area contributed by atoms with Crippen molar-refractivity contribution in [3.63, 3.8) is 0 Å². The molecule has 148 valence electrons. The van der Waals surface area contributed by atoms with Gasteiger partial charge in [0.2, 0.25) is 0 Å². The van der Waals surface area contributed by atoms with E-state index in [1.54, 1.807) is 6.07 Å². The lowest BCUT2D eigenvalue weighted by Gasteiger charge is -2.10. The van der Waals surface area contributed by atoms with E-state index in [4.69, 9.17) is 16.6 Å². The molecule has 0 bridgehead atoms. The molecule has 1 aromatic carbocycles. The fourth-order valence-electron chi connectivity index (χ4n) is 3.88. The highest BCUT2D eigenvalue weighted by Gasteiger charge is 2.23. The van der Waals surface area contributed by atoms with Gasteiger partial charge in [-0.1, -0.05) is 29.8 Å². The molecule has 0 spiro atoms. The number of amides is 1. The first-order chi connectivity index (χ1) is 14.6. The van der Waals surface area contributed by atoms with Crippen molar-refractivity contribution in [2.75, 3.05) is 5.32 Å². The summed E-state index contributed by atoms with van der Waals surface area (Å²) >= 11 is 9.07. The van der Waals surface area contributed by atoms with Crippen molar-refractivity contribution in [3.8, 4) is 16.6 Å². The minimum atomic E-state index is -0.229. The first-order valence-electron chi connectivity index (χ1n) is 9.65. The molecule has 1 aliphatic rings. The van der Waals surface area contributed by atoms with Gasteiger partial charge in [0.1, 0.15) is 11.1 Å². The summed E-state index contributed by atoms with van der Waals surface area (Å²) in [6.07, 6.45) is 4.11. The number of nitrogens with one attached hydrogen (secondary N) is 1. The van der Waals surface area contributed by atoms with E-state index in [0.29, 0.717) is 26.2 Å². The van der Waals surface area contributed by atoms with Crippen LogP contribution in [-0.4, -0.2) is 10.9 Å². The van der Waals surface area contributed by atoms with Crippen molar-refractivity contribution >= 4 is 56.1 Å². The molecular weight excluding hydrogens is 434 g/mol. The third-order valence-electron chi connectivity index (χ3n) is 5.30. The van der Waals surface area contributed by atoms with E-state index in [1.807, 2.05) is 36.4 Å². The number of nitriles is 1. The Morgan fingerprint density at radius 3 is 2.77 bits per heavy atom. The maximum atomic E-state index is 13.3. The van der Waals surface area contributed by atoms with Gasteiger partial charge >= 0.3 is 0 Å². The lowest BCUT2D eigenvalue weighted by molar-refractivity contribution is 0.102. The topological polar surface area (TPSA) is 65.8 Å². The molecule has 1 amide bonds. The van der Waals surface area contributed by atoms with Crippen LogP contribution in [0.4, 0.5) is 5.00 Å². The number of aryl methyl sites for hydroxylation is 1. The lowest BCUT2D eigenvalue weighted by atomic mass is 9.96. The summed E-state index contributed by atoms with van der Waals surface area (Å²) in [6, 6.07) is 15.4. The smallest absolute Gasteiger partial charge is 0.257 e. The third kappa shape index (κ3) is 3.39. The van der Waals surface area contributed by atoms with Crippen LogP contribution in [0, 0.1) is 11.3 Å². The van der Waals surface area contributed by atoms with Crippen LogP contribution in [0.25, 0.3) is 21.5 Å². The van der Waals surface area contributed by atoms with Crippen molar-refractivity contribution in [1.82, 2.24) is 4.98 Å². The molecule has 7 heteroatoms. The number of halogens is 1. The Balaban J connectivity index is 1.58. The predicted molar refractivity (Wildman–Crippen MR) is 124 cm³/mol. The molecule has 5 rings (SSSR count). The van der Waals surface area contributed by atoms with Crippen molar-refractivity contribution in [2.24, 2.45) is 0 Å². The molecule has 4 aromatic rings. The maximum Gasteiger partial charge on any atom is 0.257 e. The Kier molecular flexibility index (Phi) is 5.03. The molecule has 30 heavy (non-hydrogen) atoms. The Morgan fingerprint density at radius 2 is 1.97 bits per heavy atom. The Labute approximate surface area is 186 Å². The van der Waals surface area contributed by atoms with Crippen LogP contribution in [0.15, 0.2) is 42.5 Å². The van der Waals surface area contributed by atoms with Gasteiger partial charge in [-0.3, -0.25) is 4.79 Å². The van der Waals surface area contributed by atoms with E-state index in [1.165, 1.54) is 27.6 Å². The second kappa shape index (κ2) is 7.84. The number of hydrogen-bond acceptors (Lipinski definition) is 5. The van der Waals surface area contributed by atoms with Crippen LogP contribution in [0.1, 0.15) is 39.2 Å². The quantitative estimate of drug-likeness (QED) is 0.379. The van der Waals surface area contributed by atoms with Gasteiger partial charge in [-0.15, -0.1) is 22.7 Å². The van der Waals surface area contributed by atoms with E-state index < -0.39 is 0 Å². The summed E-state index contributed by atoms with van der Waals surface area (Å²) in [7, 11) is 0. The van der Waals surface area contributed by atoms with Gasteiger partial charge in [0.25, 0.3) is 5.91 Å². The highest BCUT2D eigenvalue weighted by atomic mass is 35.5. The maximum absolute atomic E-state index is 13.3. The average molecular weight is 450 g/mol. The number of thiophene rings is 2. The van der Waals surface area contributed by atoms with Crippen LogP contribution in [-0.2, 0) is 12.8 Å². The molecule has 0 unspecified atom stereocenters. The molecule has 0 atom stereocenters. The van der Waals surface area contributed by atoms with Gasteiger partial charge < -0.3 is 5.32 Å². The monoisotopic (exact) mass is 449 g/mol. The van der Waals surface area contributed by atoms with Gasteiger partial charge in [-0.05, 0) is 55.5 Å². The highest BCUT2D eigenvalue weighted by Crippen LogP contribution is 2.38. The number of carbonyl (C=O) groups is 1. The first kappa shape index (κ1) is 19.3. The normalized spacial score (nSPS) is 13.1. The number of nitrogens with zero attached hydrogens (tertiary/aromatic N) is 2. The largest absolute Gasteiger partial charge is 0.312 e.